The third-order valence-electron chi connectivity index (χ3n) is 6.19. The molecule has 0 bridgehead atoms. The van der Waals surface area contributed by atoms with Gasteiger partial charge in [0.05, 0.1) is 5.41 Å². The summed E-state index contributed by atoms with van der Waals surface area (Å²) in [5, 5.41) is 10.2. The maximum absolute atomic E-state index is 12.8. The molecule has 2 atom stereocenters. The summed E-state index contributed by atoms with van der Waals surface area (Å²) in [6, 6.07) is 5.86. The Bertz CT molecular complexity index is 671. The van der Waals surface area contributed by atoms with Crippen LogP contribution in [0.15, 0.2) is 18.2 Å². The van der Waals surface area contributed by atoms with Gasteiger partial charge in [0.25, 0.3) is 0 Å². The number of carboxylic acids is 1. The first-order valence-corrected chi connectivity index (χ1v) is 8.61. The van der Waals surface area contributed by atoms with E-state index in [-0.39, 0.29) is 17.1 Å². The smallest absolute Gasteiger partial charge is 0.314 e. The van der Waals surface area contributed by atoms with E-state index in [4.69, 9.17) is 0 Å². The quantitative estimate of drug-likeness (QED) is 0.871. The van der Waals surface area contributed by atoms with Gasteiger partial charge >= 0.3 is 5.97 Å². The minimum atomic E-state index is -0.902. The minimum absolute atomic E-state index is 0.111. The minimum Gasteiger partial charge on any atom is -0.481 e. The average Bonchev–Trinajstić information content (AvgIpc) is 2.47. The number of Topliss-reactive ketones (excluding diaryl/α,β-unsaturated/α-hetero) is 1. The summed E-state index contributed by atoms with van der Waals surface area (Å²) in [6.45, 7) is 8.42. The van der Waals surface area contributed by atoms with Crippen molar-refractivity contribution in [1.29, 1.82) is 0 Å². The van der Waals surface area contributed by atoms with Crippen LogP contribution in [0.1, 0.15) is 80.8 Å². The number of hydrogen-bond acceptors (Lipinski definition) is 2. The van der Waals surface area contributed by atoms with E-state index in [9.17, 15) is 14.7 Å². The van der Waals surface area contributed by atoms with Crippen molar-refractivity contribution in [1.82, 2.24) is 0 Å². The summed E-state index contributed by atoms with van der Waals surface area (Å²) in [5.74, 6) is -0.443. The summed E-state index contributed by atoms with van der Waals surface area (Å²) >= 11 is 0. The molecule has 1 N–H and O–H groups in total. The highest BCUT2D eigenvalue weighted by atomic mass is 16.4. The third kappa shape index (κ3) is 2.24. The van der Waals surface area contributed by atoms with Crippen LogP contribution in [0.3, 0.4) is 0 Å². The first-order valence-electron chi connectivity index (χ1n) is 8.61. The van der Waals surface area contributed by atoms with E-state index in [1.54, 1.807) is 0 Å². The van der Waals surface area contributed by atoms with Crippen molar-refractivity contribution in [2.45, 2.75) is 64.7 Å². The van der Waals surface area contributed by atoms with Crippen LogP contribution in [0.25, 0.3) is 0 Å². The second kappa shape index (κ2) is 5.19. The Balaban J connectivity index is 2.25. The molecule has 0 heterocycles. The number of carbonyl (C=O) groups excluding carboxylic acids is 1. The van der Waals surface area contributed by atoms with E-state index in [0.717, 1.165) is 24.0 Å². The van der Waals surface area contributed by atoms with Gasteiger partial charge in [0.1, 0.15) is 0 Å². The molecule has 3 heteroatoms. The molecule has 23 heavy (non-hydrogen) atoms. The molecule has 0 spiro atoms. The molecule has 3 rings (SSSR count). The van der Waals surface area contributed by atoms with Crippen LogP contribution in [0.2, 0.25) is 0 Å². The van der Waals surface area contributed by atoms with E-state index in [1.165, 1.54) is 0 Å². The Morgan fingerprint density at radius 3 is 2.57 bits per heavy atom. The molecule has 0 amide bonds. The number of carbonyl (C=O) groups is 2. The molecule has 1 aromatic rings. The largest absolute Gasteiger partial charge is 0.481 e. The van der Waals surface area contributed by atoms with E-state index in [2.05, 4.69) is 27.7 Å². The van der Waals surface area contributed by atoms with Crippen LogP contribution in [-0.4, -0.2) is 16.9 Å². The summed E-state index contributed by atoms with van der Waals surface area (Å²) in [4.78, 5) is 25.2. The van der Waals surface area contributed by atoms with E-state index in [1.807, 2.05) is 18.2 Å². The monoisotopic (exact) mass is 314 g/mol. The molecule has 2 aliphatic carbocycles. The highest BCUT2D eigenvalue weighted by molar-refractivity contribution is 6.03. The molecule has 0 radical (unpaired) electrons. The van der Waals surface area contributed by atoms with Crippen molar-refractivity contribution in [3.63, 3.8) is 0 Å². The lowest BCUT2D eigenvalue weighted by molar-refractivity contribution is -0.152. The maximum Gasteiger partial charge on any atom is 0.314 e. The molecule has 0 aromatic heterocycles. The zero-order valence-electron chi connectivity index (χ0n) is 14.5. The first kappa shape index (κ1) is 16.2. The standard InChI is InChI=1S/C20H26O3/c1-12(2)13-6-7-15-14(10-13)16(21)11-17-19(3,4)8-5-9-20(15,17)18(22)23/h6-7,10,12,17H,5,8-9,11H2,1-4H3,(H,22,23)/t17-,20+/m0/s1. The fraction of sp³-hybridized carbons (Fsp3) is 0.600. The maximum atomic E-state index is 12.8. The second-order valence-electron chi connectivity index (χ2n) is 8.26. The summed E-state index contributed by atoms with van der Waals surface area (Å²) in [6.07, 6.45) is 2.88. The Morgan fingerprint density at radius 1 is 1.26 bits per heavy atom. The van der Waals surface area contributed by atoms with Gasteiger partial charge in [-0.1, -0.05) is 46.2 Å². The van der Waals surface area contributed by atoms with Crippen molar-refractivity contribution >= 4 is 11.8 Å². The number of benzene rings is 1. The van der Waals surface area contributed by atoms with Gasteiger partial charge in [0, 0.05) is 12.0 Å². The van der Waals surface area contributed by atoms with E-state index in [0.29, 0.717) is 24.3 Å². The highest BCUT2D eigenvalue weighted by Crippen LogP contribution is 2.57. The highest BCUT2D eigenvalue weighted by Gasteiger charge is 2.58. The Kier molecular flexibility index (Phi) is 3.66. The van der Waals surface area contributed by atoms with Gasteiger partial charge in [-0.3, -0.25) is 9.59 Å². The SMILES string of the molecule is CC(C)c1ccc2c(c1)C(=O)C[C@H]1C(C)(C)CCC[C@@]21C(=O)O. The fourth-order valence-corrected chi connectivity index (χ4v) is 4.82. The van der Waals surface area contributed by atoms with Crippen LogP contribution in [0, 0.1) is 11.3 Å². The number of aliphatic carboxylic acids is 1. The number of carboxylic acid groups (broad SMARTS) is 1. The zero-order valence-corrected chi connectivity index (χ0v) is 14.5. The number of ketones is 1. The van der Waals surface area contributed by atoms with Crippen LogP contribution in [0.5, 0.6) is 0 Å². The normalized spacial score (nSPS) is 29.1. The lowest BCUT2D eigenvalue weighted by atomic mass is 9.49. The Morgan fingerprint density at radius 2 is 1.96 bits per heavy atom. The first-order chi connectivity index (χ1) is 10.7. The average molecular weight is 314 g/mol. The molecular formula is C20H26O3. The van der Waals surface area contributed by atoms with Crippen molar-refractivity contribution < 1.29 is 14.7 Å². The molecule has 3 nitrogen and oxygen atoms in total. The fourth-order valence-electron chi connectivity index (χ4n) is 4.82. The molecule has 2 aliphatic rings. The molecule has 124 valence electrons. The topological polar surface area (TPSA) is 54.4 Å². The molecule has 0 aliphatic heterocycles. The molecule has 0 saturated heterocycles. The lowest BCUT2D eigenvalue weighted by Crippen LogP contribution is -2.55. The lowest BCUT2D eigenvalue weighted by Gasteiger charge is -2.52. The van der Waals surface area contributed by atoms with Gasteiger partial charge in [-0.25, -0.2) is 0 Å². The Hall–Kier alpha value is -1.64. The summed E-state index contributed by atoms with van der Waals surface area (Å²) < 4.78 is 0. The number of hydrogen-bond donors (Lipinski definition) is 1. The van der Waals surface area contributed by atoms with Gasteiger partial charge in [0.2, 0.25) is 0 Å². The van der Waals surface area contributed by atoms with Gasteiger partial charge in [-0.05, 0) is 47.3 Å². The van der Waals surface area contributed by atoms with E-state index < -0.39 is 11.4 Å². The predicted molar refractivity (Wildman–Crippen MR) is 89.9 cm³/mol. The second-order valence-corrected chi connectivity index (χ2v) is 8.26. The van der Waals surface area contributed by atoms with Crippen LogP contribution in [0.4, 0.5) is 0 Å². The summed E-state index contributed by atoms with van der Waals surface area (Å²) in [5.41, 5.74) is 1.48. The van der Waals surface area contributed by atoms with Gasteiger partial charge in [-0.2, -0.15) is 0 Å². The van der Waals surface area contributed by atoms with Gasteiger partial charge < -0.3 is 5.11 Å². The van der Waals surface area contributed by atoms with Gasteiger partial charge in [0.15, 0.2) is 5.78 Å². The number of fused-ring (bicyclic) bond motifs is 3. The predicted octanol–water partition coefficient (Wildman–Crippen LogP) is 4.55. The Labute approximate surface area is 138 Å². The third-order valence-corrected chi connectivity index (χ3v) is 6.19. The molecular weight excluding hydrogens is 288 g/mol. The van der Waals surface area contributed by atoms with Crippen LogP contribution in [-0.2, 0) is 10.2 Å². The molecule has 1 aromatic carbocycles. The van der Waals surface area contributed by atoms with Gasteiger partial charge in [-0.15, -0.1) is 0 Å². The summed E-state index contributed by atoms with van der Waals surface area (Å²) in [7, 11) is 0. The van der Waals surface area contributed by atoms with Crippen LogP contribution < -0.4 is 0 Å². The molecule has 1 fully saturated rings. The number of rotatable bonds is 2. The van der Waals surface area contributed by atoms with Crippen LogP contribution >= 0.6 is 0 Å². The molecule has 0 unspecified atom stereocenters. The molecule has 1 saturated carbocycles. The van der Waals surface area contributed by atoms with Crippen molar-refractivity contribution in [2.24, 2.45) is 11.3 Å². The van der Waals surface area contributed by atoms with Crippen molar-refractivity contribution in [3.8, 4) is 0 Å². The van der Waals surface area contributed by atoms with Crippen molar-refractivity contribution in [2.75, 3.05) is 0 Å². The van der Waals surface area contributed by atoms with E-state index >= 15 is 0 Å². The van der Waals surface area contributed by atoms with Crippen molar-refractivity contribution in [3.05, 3.63) is 34.9 Å². The zero-order chi connectivity index (χ0) is 17.0.